The molecule has 1 fully saturated rings. The van der Waals surface area contributed by atoms with Crippen molar-refractivity contribution in [1.29, 1.82) is 0 Å². The van der Waals surface area contributed by atoms with Crippen LogP contribution in [0.2, 0.25) is 0 Å². The maximum Gasteiger partial charge on any atom is 0.328 e. The van der Waals surface area contributed by atoms with Gasteiger partial charge in [-0.15, -0.1) is 0 Å². The Morgan fingerprint density at radius 2 is 2.41 bits per heavy atom. The van der Waals surface area contributed by atoms with Gasteiger partial charge in [-0.25, -0.2) is 9.18 Å². The zero-order valence-corrected chi connectivity index (χ0v) is 9.48. The fraction of sp³-hybridized carbons (Fsp3) is 0.556. The Morgan fingerprint density at radius 3 is 3.00 bits per heavy atom. The number of halogens is 1. The summed E-state index contributed by atoms with van der Waals surface area (Å²) in [6.07, 6.45) is -1.43. The van der Waals surface area contributed by atoms with Gasteiger partial charge in [0.2, 0.25) is 0 Å². The maximum atomic E-state index is 13.2. The second kappa shape index (κ2) is 4.65. The van der Waals surface area contributed by atoms with Crippen LogP contribution >= 0.6 is 12.2 Å². The number of H-pyrrole nitrogens is 1. The van der Waals surface area contributed by atoms with E-state index in [1.165, 1.54) is 0 Å². The molecule has 0 spiro atoms. The second-order valence-electron chi connectivity index (χ2n) is 3.76. The zero-order valence-electron chi connectivity index (χ0n) is 8.67. The topological polar surface area (TPSA) is 87.5 Å². The van der Waals surface area contributed by atoms with Crippen LogP contribution in [0.1, 0.15) is 12.6 Å². The molecule has 17 heavy (non-hydrogen) atoms. The summed E-state index contributed by atoms with van der Waals surface area (Å²) < 4.78 is 19.2. The minimum absolute atomic E-state index is 0.106. The van der Waals surface area contributed by atoms with Crippen molar-refractivity contribution < 1.29 is 19.3 Å². The zero-order chi connectivity index (χ0) is 12.6. The standard InChI is InChI=1S/C9H11FN2O4S/c10-4-2-12(9(15)11-8(4)17)7-1-5(14)6(3-13)16-7/h2,5-7,13-14H,1,3H2,(H,11,15,17)/t5-,6+,7-/m1/s1. The highest BCUT2D eigenvalue weighted by atomic mass is 32.1. The van der Waals surface area contributed by atoms with Crippen molar-refractivity contribution in [2.45, 2.75) is 24.9 Å². The monoisotopic (exact) mass is 262 g/mol. The number of aromatic amines is 1. The van der Waals surface area contributed by atoms with Crippen LogP contribution in [-0.4, -0.2) is 38.6 Å². The summed E-state index contributed by atoms with van der Waals surface area (Å²) in [6, 6.07) is 0. The quantitative estimate of drug-likeness (QED) is 0.636. The fourth-order valence-corrected chi connectivity index (χ4v) is 1.86. The first kappa shape index (κ1) is 12.4. The van der Waals surface area contributed by atoms with E-state index >= 15 is 0 Å². The molecule has 0 radical (unpaired) electrons. The van der Waals surface area contributed by atoms with Gasteiger partial charge in [0.15, 0.2) is 5.82 Å². The number of nitrogens with one attached hydrogen (secondary N) is 1. The third kappa shape index (κ3) is 2.29. The molecular formula is C9H11FN2O4S. The van der Waals surface area contributed by atoms with Crippen molar-refractivity contribution in [3.63, 3.8) is 0 Å². The molecule has 0 bridgehead atoms. The molecule has 0 saturated carbocycles. The number of rotatable bonds is 2. The Bertz CT molecular complexity index is 528. The molecule has 1 aliphatic rings. The normalized spacial score (nSPS) is 28.5. The largest absolute Gasteiger partial charge is 0.394 e. The van der Waals surface area contributed by atoms with E-state index in [4.69, 9.17) is 9.84 Å². The lowest BCUT2D eigenvalue weighted by atomic mass is 10.2. The first-order valence-electron chi connectivity index (χ1n) is 4.98. The molecule has 0 aliphatic carbocycles. The molecule has 1 aliphatic heterocycles. The SMILES string of the molecule is O=c1[nH]c(=S)c(F)cn1[C@H]1C[C@@H](O)[C@H](CO)O1. The molecule has 6 nitrogen and oxygen atoms in total. The summed E-state index contributed by atoms with van der Waals surface area (Å²) in [5, 5.41) is 18.4. The number of nitrogens with zero attached hydrogens (tertiary/aromatic N) is 1. The number of aromatic nitrogens is 2. The van der Waals surface area contributed by atoms with Crippen molar-refractivity contribution in [2.75, 3.05) is 6.61 Å². The summed E-state index contributed by atoms with van der Waals surface area (Å²) in [6.45, 7) is -0.363. The molecule has 1 aromatic rings. The van der Waals surface area contributed by atoms with E-state index in [0.717, 1.165) is 10.8 Å². The lowest BCUT2D eigenvalue weighted by Gasteiger charge is -2.14. The van der Waals surface area contributed by atoms with Crippen LogP contribution in [0, 0.1) is 10.5 Å². The van der Waals surface area contributed by atoms with Crippen molar-refractivity contribution >= 4 is 12.2 Å². The Balaban J connectivity index is 2.34. The number of aliphatic hydroxyl groups excluding tert-OH is 2. The molecule has 1 saturated heterocycles. The van der Waals surface area contributed by atoms with Gasteiger partial charge < -0.3 is 14.9 Å². The van der Waals surface area contributed by atoms with Crippen molar-refractivity contribution in [1.82, 2.24) is 9.55 Å². The molecule has 3 N–H and O–H groups in total. The summed E-state index contributed by atoms with van der Waals surface area (Å²) in [7, 11) is 0. The average Bonchev–Trinajstić information content (AvgIpc) is 2.65. The van der Waals surface area contributed by atoms with Crippen LogP contribution in [-0.2, 0) is 4.74 Å². The molecule has 0 amide bonds. The summed E-state index contributed by atoms with van der Waals surface area (Å²) in [5.74, 6) is -0.745. The number of ether oxygens (including phenoxy) is 1. The van der Waals surface area contributed by atoms with Gasteiger partial charge >= 0.3 is 5.69 Å². The highest BCUT2D eigenvalue weighted by Crippen LogP contribution is 2.27. The molecule has 1 aromatic heterocycles. The van der Waals surface area contributed by atoms with Gasteiger partial charge in [-0.2, -0.15) is 0 Å². The van der Waals surface area contributed by atoms with Gasteiger partial charge in [-0.05, 0) is 0 Å². The first-order valence-corrected chi connectivity index (χ1v) is 5.39. The van der Waals surface area contributed by atoms with E-state index in [9.17, 15) is 14.3 Å². The Kier molecular flexibility index (Phi) is 3.38. The number of hydrogen-bond donors (Lipinski definition) is 3. The predicted octanol–water partition coefficient (Wildman–Crippen LogP) is -0.314. The summed E-state index contributed by atoms with van der Waals surface area (Å²) in [5.41, 5.74) is -0.618. The highest BCUT2D eigenvalue weighted by Gasteiger charge is 2.35. The first-order chi connectivity index (χ1) is 8.02. The van der Waals surface area contributed by atoms with Crippen LogP contribution in [0.5, 0.6) is 0 Å². The van der Waals surface area contributed by atoms with Crippen molar-refractivity contribution in [2.24, 2.45) is 0 Å². The number of hydrogen-bond acceptors (Lipinski definition) is 5. The third-order valence-corrected chi connectivity index (χ3v) is 2.92. The lowest BCUT2D eigenvalue weighted by Crippen LogP contribution is -2.28. The number of aliphatic hydroxyl groups is 2. The minimum Gasteiger partial charge on any atom is -0.394 e. The Hall–Kier alpha value is -1.09. The van der Waals surface area contributed by atoms with E-state index in [1.54, 1.807) is 0 Å². The highest BCUT2D eigenvalue weighted by molar-refractivity contribution is 7.71. The van der Waals surface area contributed by atoms with E-state index < -0.39 is 29.9 Å². The third-order valence-electron chi connectivity index (χ3n) is 2.62. The molecule has 94 valence electrons. The fourth-order valence-electron chi connectivity index (χ4n) is 1.72. The van der Waals surface area contributed by atoms with Crippen LogP contribution < -0.4 is 5.69 Å². The van der Waals surface area contributed by atoms with Gasteiger partial charge in [0.1, 0.15) is 17.0 Å². The van der Waals surface area contributed by atoms with Gasteiger partial charge in [0.05, 0.1) is 18.9 Å². The van der Waals surface area contributed by atoms with Crippen LogP contribution in [0.3, 0.4) is 0 Å². The predicted molar refractivity (Wildman–Crippen MR) is 57.5 cm³/mol. The second-order valence-corrected chi connectivity index (χ2v) is 4.17. The molecular weight excluding hydrogens is 251 g/mol. The molecule has 3 atom stereocenters. The molecule has 8 heteroatoms. The summed E-state index contributed by atoms with van der Waals surface area (Å²) in [4.78, 5) is 13.7. The van der Waals surface area contributed by atoms with Crippen molar-refractivity contribution in [3.8, 4) is 0 Å². The van der Waals surface area contributed by atoms with E-state index in [-0.39, 0.29) is 17.7 Å². The maximum absolute atomic E-state index is 13.2. The molecule has 0 unspecified atom stereocenters. The van der Waals surface area contributed by atoms with Gasteiger partial charge in [0.25, 0.3) is 0 Å². The lowest BCUT2D eigenvalue weighted by molar-refractivity contribution is -0.0461. The van der Waals surface area contributed by atoms with Gasteiger partial charge in [0, 0.05) is 6.42 Å². The molecule has 2 rings (SSSR count). The van der Waals surface area contributed by atoms with E-state index in [2.05, 4.69) is 17.2 Å². The van der Waals surface area contributed by atoms with E-state index in [1.807, 2.05) is 0 Å². The Labute approximate surface area is 100 Å². The van der Waals surface area contributed by atoms with E-state index in [0.29, 0.717) is 0 Å². The van der Waals surface area contributed by atoms with Gasteiger partial charge in [-0.3, -0.25) is 9.55 Å². The smallest absolute Gasteiger partial charge is 0.328 e. The van der Waals surface area contributed by atoms with Crippen LogP contribution in [0.25, 0.3) is 0 Å². The average molecular weight is 262 g/mol. The summed E-state index contributed by atoms with van der Waals surface area (Å²) >= 11 is 4.57. The molecule has 0 aromatic carbocycles. The van der Waals surface area contributed by atoms with Crippen LogP contribution in [0.4, 0.5) is 4.39 Å². The minimum atomic E-state index is -0.886. The molecule has 2 heterocycles. The van der Waals surface area contributed by atoms with Crippen LogP contribution in [0.15, 0.2) is 11.0 Å². The van der Waals surface area contributed by atoms with Gasteiger partial charge in [-0.1, -0.05) is 12.2 Å². The Morgan fingerprint density at radius 1 is 1.71 bits per heavy atom. The van der Waals surface area contributed by atoms with Crippen molar-refractivity contribution in [3.05, 3.63) is 27.1 Å².